The van der Waals surface area contributed by atoms with Crippen LogP contribution in [0.15, 0.2) is 370 Å². The van der Waals surface area contributed by atoms with Crippen LogP contribution < -0.4 is 22.8 Å². The minimum absolute atomic E-state index is 0.643. The second-order valence-corrected chi connectivity index (χ2v) is 34.1. The number of aryl methyl sites for hydroxylation is 3. The Hall–Kier alpha value is -16.6. The summed E-state index contributed by atoms with van der Waals surface area (Å²) in [6.45, 7) is 1.94. The Labute approximate surface area is 740 Å². The van der Waals surface area contributed by atoms with E-state index in [1.807, 2.05) is 92.1 Å². The lowest BCUT2D eigenvalue weighted by atomic mass is 10.1. The first-order valence-electron chi connectivity index (χ1n) is 44.5. The Morgan fingerprint density at radius 3 is 1.12 bits per heavy atom. The highest BCUT2D eigenvalue weighted by Crippen LogP contribution is 2.46. The zero-order chi connectivity index (χ0) is 87.0. The summed E-state index contributed by atoms with van der Waals surface area (Å²) in [5.74, 6) is 5.99. The van der Waals surface area contributed by atoms with Gasteiger partial charge < -0.3 is 4.42 Å². The van der Waals surface area contributed by atoms with Crippen molar-refractivity contribution in [1.82, 2.24) is 61.5 Å². The number of benzene rings is 10. The predicted octanol–water partition coefficient (Wildman–Crippen LogP) is 20.1. The minimum Gasteiger partial charge on any atom is -0.417 e. The van der Waals surface area contributed by atoms with Crippen LogP contribution in [0.3, 0.4) is 0 Å². The van der Waals surface area contributed by atoms with Crippen LogP contribution in [0, 0.1) is 0 Å². The number of nitrogens with zero attached hydrogens (tertiary/aromatic N) is 18. The molecule has 0 saturated heterocycles. The van der Waals surface area contributed by atoms with E-state index in [0.717, 1.165) is 98.7 Å². The molecule has 10 aromatic carbocycles. The molecule has 0 atom stereocenters. The molecule has 0 amide bonds. The highest BCUT2D eigenvalue weighted by molar-refractivity contribution is 7.25. The SMILES string of the molecule is Cn1c2cnccc2c2c1[n+]1c(n2-c2ccccc2)-c2ccccc2C1.[2H]C([2H])([2H])n1c2cnccc2c2c1[n+]1c(n2C)-c2ccccc2C1.c1ccc(-n2c3[n+](c4c2c2ccncc2n4-c2ccccc2)Cc2ccccc2-3)cc1.c1ccc(-n2c3[n+](c4oc5cnccc5c42)Cc2ccccc2-3)cc1.c1ccc(-n2c3[n+](c4sc5cnccc5c42)Cc2ccccc2-3)cc1. The number of fused-ring (bicyclic) bond motifs is 35. The normalized spacial score (nSPS) is 13.1. The Morgan fingerprint density at radius 2 is 0.617 bits per heavy atom. The number of pyridine rings is 5. The summed E-state index contributed by atoms with van der Waals surface area (Å²) in [6, 6.07) is 106. The van der Waals surface area contributed by atoms with Crippen molar-refractivity contribution in [2.75, 3.05) is 0 Å². The molecule has 20 heterocycles. The van der Waals surface area contributed by atoms with E-state index in [2.05, 4.69) is 360 Å². The molecule has 30 rings (SSSR count). The second kappa shape index (κ2) is 28.8. The molecule has 0 fully saturated rings. The maximum Gasteiger partial charge on any atom is 0.340 e. The molecule has 0 unspecified atom stereocenters. The summed E-state index contributed by atoms with van der Waals surface area (Å²) in [7, 11) is 4.14. The van der Waals surface area contributed by atoms with Crippen molar-refractivity contribution in [1.29, 1.82) is 0 Å². The van der Waals surface area contributed by atoms with Gasteiger partial charge in [0, 0.05) is 70.4 Å². The number of aromatic nitrogens is 18. The van der Waals surface area contributed by atoms with E-state index in [1.54, 1.807) is 18.6 Å². The summed E-state index contributed by atoms with van der Waals surface area (Å²) >= 11 is 1.83. The van der Waals surface area contributed by atoms with E-state index in [1.165, 1.54) is 149 Å². The van der Waals surface area contributed by atoms with Gasteiger partial charge in [0.1, 0.15) is 58.1 Å². The molecule has 128 heavy (non-hydrogen) atoms. The van der Waals surface area contributed by atoms with Gasteiger partial charge >= 0.3 is 5.71 Å². The Morgan fingerprint density at radius 1 is 0.281 bits per heavy atom. The van der Waals surface area contributed by atoms with Crippen molar-refractivity contribution in [2.24, 2.45) is 21.1 Å². The molecule has 0 bridgehead atoms. The minimum atomic E-state index is -2.26. The summed E-state index contributed by atoms with van der Waals surface area (Å²) in [6.07, 6.45) is 18.5. The monoisotopic (exact) mass is 1680 g/mol. The molecule has 15 aromatic heterocycles. The van der Waals surface area contributed by atoms with Gasteiger partial charge in [0.2, 0.25) is 27.8 Å². The fourth-order valence-corrected chi connectivity index (χ4v) is 22.0. The van der Waals surface area contributed by atoms with Gasteiger partial charge in [0.15, 0.2) is 27.6 Å². The van der Waals surface area contributed by atoms with Crippen molar-refractivity contribution >= 4 is 120 Å². The van der Waals surface area contributed by atoms with Crippen LogP contribution in [0.25, 0.3) is 194 Å². The number of hydrogen-bond donors (Lipinski definition) is 0. The van der Waals surface area contributed by atoms with Crippen molar-refractivity contribution in [2.45, 2.75) is 32.7 Å². The average Bonchev–Trinajstić information content (AvgIpc) is 1.53. The van der Waals surface area contributed by atoms with Crippen LogP contribution >= 0.6 is 11.3 Å². The van der Waals surface area contributed by atoms with Crippen LogP contribution in [0.4, 0.5) is 0 Å². The Bertz CT molecular complexity index is 8780. The first kappa shape index (κ1) is 69.9. The van der Waals surface area contributed by atoms with Crippen LogP contribution in [0.2, 0.25) is 0 Å². The zero-order valence-electron chi connectivity index (χ0n) is 72.5. The lowest BCUT2D eigenvalue weighted by Gasteiger charge is -2.04. The summed E-state index contributed by atoms with van der Waals surface area (Å²) in [4.78, 5) is 22.8. The first-order valence-corrected chi connectivity index (χ1v) is 43.9. The molecule has 0 N–H and O–H groups in total. The molecule has 608 valence electrons. The predicted molar refractivity (Wildman–Crippen MR) is 504 cm³/mol. The molecular weight excluding hydrogens is 1600 g/mol. The molecule has 19 nitrogen and oxygen atoms in total. The van der Waals surface area contributed by atoms with Gasteiger partial charge in [-0.2, -0.15) is 13.7 Å². The molecule has 0 aliphatic carbocycles. The lowest BCUT2D eigenvalue weighted by molar-refractivity contribution is -0.652. The number of hydrogen-bond acceptors (Lipinski definition) is 7. The molecule has 5 aliphatic heterocycles. The maximum atomic E-state index is 8.03. The van der Waals surface area contributed by atoms with E-state index in [0.29, 0.717) is 12.1 Å². The Balaban J connectivity index is 0.0000000863. The van der Waals surface area contributed by atoms with Gasteiger partial charge in [-0.05, 0) is 121 Å². The zero-order valence-corrected chi connectivity index (χ0v) is 70.4. The van der Waals surface area contributed by atoms with Crippen LogP contribution in [-0.4, -0.2) is 61.5 Å². The van der Waals surface area contributed by atoms with Crippen LogP contribution in [0.5, 0.6) is 0 Å². The van der Waals surface area contributed by atoms with Crippen LogP contribution in [0.1, 0.15) is 31.9 Å². The number of para-hydroxylation sites is 5. The lowest BCUT2D eigenvalue weighted by Crippen LogP contribution is -2.33. The first-order chi connectivity index (χ1) is 64.6. The molecule has 20 heteroatoms. The average molecular weight is 1680 g/mol. The van der Waals surface area contributed by atoms with Gasteiger partial charge in [-0.1, -0.05) is 193 Å². The topological polar surface area (TPSA) is 136 Å². The second-order valence-electron chi connectivity index (χ2n) is 33.1. The van der Waals surface area contributed by atoms with Gasteiger partial charge in [-0.15, -0.1) is 0 Å². The summed E-state index contributed by atoms with van der Waals surface area (Å²) < 4.78 is 61.0. The Kier molecular flexibility index (Phi) is 15.7. The van der Waals surface area contributed by atoms with Crippen molar-refractivity contribution in [3.05, 3.63) is 393 Å². The molecule has 0 radical (unpaired) electrons. The number of furan rings is 1. The fraction of sp³-hybridized carbons (Fsp3) is 0.0741. The standard InChI is InChI=1S/C27H19N4.C22H17N4.C21H14N3O.C21H14N3S.C17H15N4/c1-3-10-20(11-4-1)30-24-17-28-16-15-23(24)25-27(30)29-18-19-9-7-8-14-22(19)26(29)31(25)21-12-5-2-6-13-21;1-24-19-13-23-12-11-18(19)20-22(24)25-14-15-7-5-6-10-17(15)21(25)26(20)16-8-3-2-4-9-16;2*1-2-7-15(8-3-1)24-19-17-10-11-22-12-18(17)25-21(19)23-13-14-6-4-5-9-16(14)20(23)24;1-19-14-9-18-8-7-13(14)15-17(19)21-10-11-5-3-4-6-12(11)16(21)20(15)2/h1-17H,18H2;2-13H,14H2,1H3;2*1-12H,13H2;3-9H,10H2,1-2H3/q5*+1/i;;;;1D3. The van der Waals surface area contributed by atoms with E-state index in [4.69, 9.17) is 8.53 Å². The largest absolute Gasteiger partial charge is 0.417 e. The summed E-state index contributed by atoms with van der Waals surface area (Å²) in [5, 5.41) is 5.72. The van der Waals surface area contributed by atoms with Gasteiger partial charge in [-0.25, -0.2) is 32.0 Å². The van der Waals surface area contributed by atoms with E-state index in [9.17, 15) is 0 Å². The molecule has 5 aliphatic rings. The third kappa shape index (κ3) is 10.8. The molecule has 25 aromatic rings. The highest BCUT2D eigenvalue weighted by Gasteiger charge is 2.43. The quantitative estimate of drug-likeness (QED) is 0.157. The van der Waals surface area contributed by atoms with Gasteiger partial charge in [0.25, 0.3) is 28.6 Å². The van der Waals surface area contributed by atoms with Crippen molar-refractivity contribution in [3.63, 3.8) is 0 Å². The third-order valence-electron chi connectivity index (χ3n) is 26.2. The van der Waals surface area contributed by atoms with E-state index < -0.39 is 6.98 Å². The smallest absolute Gasteiger partial charge is 0.340 e. The third-order valence-corrected chi connectivity index (χ3v) is 27.4. The highest BCUT2D eigenvalue weighted by atomic mass is 32.1. The molecular formula is C108H79N18OS+5. The van der Waals surface area contributed by atoms with Gasteiger partial charge in [0.05, 0.1) is 124 Å². The fourth-order valence-electron chi connectivity index (χ4n) is 20.9. The summed E-state index contributed by atoms with van der Waals surface area (Å²) in [5.41, 5.74) is 32.5. The van der Waals surface area contributed by atoms with E-state index in [-0.39, 0.29) is 0 Å². The maximum absolute atomic E-state index is 8.03. The number of rotatable bonds is 5. The van der Waals surface area contributed by atoms with Crippen molar-refractivity contribution in [3.8, 4) is 85.4 Å². The molecule has 0 saturated carbocycles. The molecule has 0 spiro atoms. The van der Waals surface area contributed by atoms with E-state index >= 15 is 0 Å². The number of imidazole rings is 5. The van der Waals surface area contributed by atoms with Crippen molar-refractivity contribution < 1.29 is 31.4 Å². The number of thiophene rings is 1. The van der Waals surface area contributed by atoms with Crippen LogP contribution in [-0.2, 0) is 53.8 Å². The van der Waals surface area contributed by atoms with Gasteiger partial charge in [-0.3, -0.25) is 38.6 Å².